The second-order valence-electron chi connectivity index (χ2n) is 2.53. The van der Waals surface area contributed by atoms with Gasteiger partial charge in [0.25, 0.3) is 14.4 Å². The Balaban J connectivity index is 2.74. The van der Waals surface area contributed by atoms with Gasteiger partial charge in [-0.2, -0.15) is 4.98 Å². The van der Waals surface area contributed by atoms with E-state index in [1.54, 1.807) is 0 Å². The van der Waals surface area contributed by atoms with Gasteiger partial charge in [-0.1, -0.05) is 0 Å². The van der Waals surface area contributed by atoms with Gasteiger partial charge in [0.2, 0.25) is 0 Å². The minimum Gasteiger partial charge on any atom is -0.428 e. The molecule has 0 N–H and O–H groups in total. The Kier molecular flexibility index (Phi) is 2.17. The number of halogens is 2. The van der Waals surface area contributed by atoms with Crippen LogP contribution in [0.25, 0.3) is 11.1 Å². The number of nitrogens with zero attached hydrogens (tertiary/aromatic N) is 1. The minimum atomic E-state index is -3.74. The molecule has 0 unspecified atom stereocenters. The second kappa shape index (κ2) is 3.12. The smallest absolute Gasteiger partial charge is 0.293 e. The Morgan fingerprint density at radius 2 is 2.07 bits per heavy atom. The first-order valence-electron chi connectivity index (χ1n) is 3.47. The standard InChI is InChI=1S/C7H3Cl2NO3S/c8-7-10-5-3-4(14(9,11)12)1-2-6(5)13-7/h1-3H. The maximum Gasteiger partial charge on any atom is 0.293 e. The molecule has 0 saturated carbocycles. The van der Waals surface area contributed by atoms with Crippen LogP contribution in [0.4, 0.5) is 0 Å². The van der Waals surface area contributed by atoms with E-state index in [1.807, 2.05) is 0 Å². The quantitative estimate of drug-likeness (QED) is 0.731. The Hall–Kier alpha value is -0.780. The van der Waals surface area contributed by atoms with Crippen LogP contribution in [0.2, 0.25) is 5.35 Å². The van der Waals surface area contributed by atoms with E-state index in [0.29, 0.717) is 11.1 Å². The zero-order valence-electron chi connectivity index (χ0n) is 6.57. The average Bonchev–Trinajstić information content (AvgIpc) is 2.41. The summed E-state index contributed by atoms with van der Waals surface area (Å²) in [7, 11) is 1.41. The molecule has 1 heterocycles. The molecule has 0 aliphatic heterocycles. The van der Waals surface area contributed by atoms with Crippen LogP contribution in [0, 0.1) is 0 Å². The Bertz CT molecular complexity index is 590. The lowest BCUT2D eigenvalue weighted by Gasteiger charge is -1.93. The first-order valence-corrected chi connectivity index (χ1v) is 6.16. The SMILES string of the molecule is O=S(=O)(Cl)c1ccc2oc(Cl)nc2c1. The van der Waals surface area contributed by atoms with E-state index in [1.165, 1.54) is 18.2 Å². The average molecular weight is 252 g/mol. The molecule has 0 aliphatic carbocycles. The van der Waals surface area contributed by atoms with Crippen LogP contribution in [0.1, 0.15) is 0 Å². The lowest BCUT2D eigenvalue weighted by atomic mass is 10.3. The third kappa shape index (κ3) is 1.70. The Morgan fingerprint density at radius 1 is 1.36 bits per heavy atom. The van der Waals surface area contributed by atoms with Crippen molar-refractivity contribution in [3.63, 3.8) is 0 Å². The van der Waals surface area contributed by atoms with Crippen LogP contribution in [0.3, 0.4) is 0 Å². The molecule has 0 atom stereocenters. The summed E-state index contributed by atoms with van der Waals surface area (Å²) in [6.45, 7) is 0. The van der Waals surface area contributed by atoms with Crippen LogP contribution in [-0.4, -0.2) is 13.4 Å². The van der Waals surface area contributed by atoms with Crippen LogP contribution in [0.5, 0.6) is 0 Å². The van der Waals surface area contributed by atoms with Crippen molar-refractivity contribution in [2.45, 2.75) is 4.90 Å². The summed E-state index contributed by atoms with van der Waals surface area (Å²) in [5.74, 6) is 0. The van der Waals surface area contributed by atoms with Crippen molar-refractivity contribution in [3.05, 3.63) is 23.5 Å². The molecule has 14 heavy (non-hydrogen) atoms. The van der Waals surface area contributed by atoms with Gasteiger partial charge in [-0.3, -0.25) is 0 Å². The molecule has 4 nitrogen and oxygen atoms in total. The summed E-state index contributed by atoms with van der Waals surface area (Å²) in [5, 5.41) is -0.0379. The minimum absolute atomic E-state index is 0.0309. The van der Waals surface area contributed by atoms with Gasteiger partial charge in [0.1, 0.15) is 5.52 Å². The largest absolute Gasteiger partial charge is 0.428 e. The molecule has 0 aliphatic rings. The third-order valence-corrected chi connectivity index (χ3v) is 3.13. The van der Waals surface area contributed by atoms with Crippen molar-refractivity contribution < 1.29 is 12.8 Å². The van der Waals surface area contributed by atoms with Crippen molar-refractivity contribution in [3.8, 4) is 0 Å². The lowest BCUT2D eigenvalue weighted by Crippen LogP contribution is -1.89. The van der Waals surface area contributed by atoms with Gasteiger partial charge in [-0.05, 0) is 29.8 Å². The molecule has 0 fully saturated rings. The van der Waals surface area contributed by atoms with E-state index in [4.69, 9.17) is 26.7 Å². The monoisotopic (exact) mass is 251 g/mol. The zero-order chi connectivity index (χ0) is 10.3. The van der Waals surface area contributed by atoms with Gasteiger partial charge in [-0.15, -0.1) is 0 Å². The van der Waals surface area contributed by atoms with E-state index >= 15 is 0 Å². The highest BCUT2D eigenvalue weighted by Gasteiger charge is 2.12. The molecule has 0 bridgehead atoms. The summed E-state index contributed by atoms with van der Waals surface area (Å²) in [6, 6.07) is 4.07. The van der Waals surface area contributed by atoms with Gasteiger partial charge in [-0.25, -0.2) is 8.42 Å². The molecule has 0 saturated heterocycles. The summed E-state index contributed by atoms with van der Waals surface area (Å²) in [4.78, 5) is 3.73. The van der Waals surface area contributed by atoms with Gasteiger partial charge in [0, 0.05) is 10.7 Å². The highest BCUT2D eigenvalue weighted by atomic mass is 35.7. The maximum atomic E-state index is 11.0. The van der Waals surface area contributed by atoms with Gasteiger partial charge < -0.3 is 4.42 Å². The highest BCUT2D eigenvalue weighted by molar-refractivity contribution is 8.13. The number of rotatable bonds is 1. The molecule has 1 aromatic heterocycles. The molecule has 7 heteroatoms. The predicted molar refractivity (Wildman–Crippen MR) is 52.1 cm³/mol. The maximum absolute atomic E-state index is 11.0. The fourth-order valence-electron chi connectivity index (χ4n) is 1.03. The number of oxazole rings is 1. The topological polar surface area (TPSA) is 60.2 Å². The molecular formula is C7H3Cl2NO3S. The van der Waals surface area contributed by atoms with E-state index in [0.717, 1.165) is 0 Å². The Morgan fingerprint density at radius 3 is 2.71 bits per heavy atom. The van der Waals surface area contributed by atoms with E-state index in [9.17, 15) is 8.42 Å². The second-order valence-corrected chi connectivity index (χ2v) is 5.42. The molecule has 0 radical (unpaired) electrons. The van der Waals surface area contributed by atoms with Crippen LogP contribution in [-0.2, 0) is 9.05 Å². The van der Waals surface area contributed by atoms with E-state index in [2.05, 4.69) is 4.98 Å². The highest BCUT2D eigenvalue weighted by Crippen LogP contribution is 2.23. The zero-order valence-corrected chi connectivity index (χ0v) is 8.90. The number of fused-ring (bicyclic) bond motifs is 1. The fourth-order valence-corrected chi connectivity index (χ4v) is 1.98. The fraction of sp³-hybridized carbons (Fsp3) is 0. The van der Waals surface area contributed by atoms with Gasteiger partial charge >= 0.3 is 0 Å². The van der Waals surface area contributed by atoms with Crippen molar-refractivity contribution in [1.82, 2.24) is 4.98 Å². The number of hydrogen-bond acceptors (Lipinski definition) is 4. The van der Waals surface area contributed by atoms with Gasteiger partial charge in [0.05, 0.1) is 4.90 Å². The molecule has 2 rings (SSSR count). The number of benzene rings is 1. The van der Waals surface area contributed by atoms with Crippen molar-refractivity contribution in [2.75, 3.05) is 0 Å². The predicted octanol–water partition coefficient (Wildman–Crippen LogP) is 2.41. The van der Waals surface area contributed by atoms with E-state index < -0.39 is 9.05 Å². The van der Waals surface area contributed by atoms with Gasteiger partial charge in [0.15, 0.2) is 5.58 Å². The third-order valence-electron chi connectivity index (χ3n) is 1.61. The summed E-state index contributed by atoms with van der Waals surface area (Å²) in [6.07, 6.45) is 0. The molecule has 2 aromatic rings. The van der Waals surface area contributed by atoms with Crippen LogP contribution in [0.15, 0.2) is 27.5 Å². The van der Waals surface area contributed by atoms with Crippen molar-refractivity contribution >= 4 is 42.4 Å². The molecule has 0 amide bonds. The van der Waals surface area contributed by atoms with Crippen molar-refractivity contribution in [2.24, 2.45) is 0 Å². The van der Waals surface area contributed by atoms with Crippen molar-refractivity contribution in [1.29, 1.82) is 0 Å². The summed E-state index contributed by atoms with van der Waals surface area (Å²) in [5.41, 5.74) is 0.774. The summed E-state index contributed by atoms with van der Waals surface area (Å²) < 4.78 is 26.9. The molecular weight excluding hydrogens is 249 g/mol. The van der Waals surface area contributed by atoms with Crippen LogP contribution >= 0.6 is 22.3 Å². The Labute approximate surface area is 88.9 Å². The number of hydrogen-bond donors (Lipinski definition) is 0. The molecule has 1 aromatic carbocycles. The normalized spacial score (nSPS) is 12.1. The first kappa shape index (κ1) is 9.76. The number of aromatic nitrogens is 1. The summed E-state index contributed by atoms with van der Waals surface area (Å²) >= 11 is 5.49. The van der Waals surface area contributed by atoms with E-state index in [-0.39, 0.29) is 10.2 Å². The first-order chi connectivity index (χ1) is 6.47. The van der Waals surface area contributed by atoms with Crippen LogP contribution < -0.4 is 0 Å². The molecule has 74 valence electrons. The lowest BCUT2D eigenvalue weighted by molar-refractivity contribution is 0.604. The molecule has 0 spiro atoms.